The summed E-state index contributed by atoms with van der Waals surface area (Å²) >= 11 is 6.79. The maximum absolute atomic E-state index is 12.9. The summed E-state index contributed by atoms with van der Waals surface area (Å²) in [7, 11) is 1.70. The monoisotopic (exact) mass is 397 g/mol. The smallest absolute Gasteiger partial charge is 0.256 e. The summed E-state index contributed by atoms with van der Waals surface area (Å²) in [5.74, 6) is -0.147. The lowest BCUT2D eigenvalue weighted by Crippen LogP contribution is -2.48. The Labute approximate surface area is 170 Å². The van der Waals surface area contributed by atoms with Crippen molar-refractivity contribution in [2.45, 2.75) is 44.2 Å². The number of methoxy groups -OCH3 is 1. The number of rotatable bonds is 3. The van der Waals surface area contributed by atoms with Crippen LogP contribution in [0.1, 0.15) is 36.8 Å². The van der Waals surface area contributed by atoms with Crippen LogP contribution < -0.4 is 5.32 Å². The molecule has 1 fully saturated rings. The first kappa shape index (κ1) is 19.0. The summed E-state index contributed by atoms with van der Waals surface area (Å²) in [6, 6.07) is 13.7. The number of ether oxygens (including phenoxy) is 1. The SMILES string of the molecule is COC1CCC2(CC1)NC(=O)C(c1c(C)ccc(-c3ccccc3)c1Cl)=C2O. The van der Waals surface area contributed by atoms with E-state index >= 15 is 0 Å². The Balaban J connectivity index is 1.81. The van der Waals surface area contributed by atoms with Gasteiger partial charge in [0.25, 0.3) is 5.91 Å². The first-order chi connectivity index (χ1) is 13.5. The maximum atomic E-state index is 12.9. The number of aliphatic hydroxyl groups is 1. The molecule has 2 N–H and O–H groups in total. The fourth-order valence-electron chi connectivity index (χ4n) is 4.42. The second-order valence-electron chi connectivity index (χ2n) is 7.68. The number of aryl methyl sites for hydroxylation is 1. The molecule has 5 heteroatoms. The Morgan fingerprint density at radius 1 is 1.14 bits per heavy atom. The van der Waals surface area contributed by atoms with Gasteiger partial charge in [-0.05, 0) is 43.7 Å². The molecule has 1 aliphatic heterocycles. The summed E-state index contributed by atoms with van der Waals surface area (Å²) in [4.78, 5) is 12.9. The minimum Gasteiger partial charge on any atom is -0.509 e. The predicted molar refractivity (Wildman–Crippen MR) is 111 cm³/mol. The number of amides is 1. The second kappa shape index (κ2) is 7.26. The van der Waals surface area contributed by atoms with Crippen LogP contribution in [0.4, 0.5) is 0 Å². The van der Waals surface area contributed by atoms with Crippen molar-refractivity contribution >= 4 is 23.1 Å². The van der Waals surface area contributed by atoms with Crippen LogP contribution in [0.3, 0.4) is 0 Å². The van der Waals surface area contributed by atoms with E-state index in [9.17, 15) is 9.90 Å². The molecule has 1 aliphatic carbocycles. The van der Waals surface area contributed by atoms with Crippen LogP contribution in [0.15, 0.2) is 48.2 Å². The van der Waals surface area contributed by atoms with Gasteiger partial charge in [0.05, 0.1) is 22.2 Å². The first-order valence-electron chi connectivity index (χ1n) is 9.61. The zero-order chi connectivity index (χ0) is 19.9. The molecule has 1 spiro atoms. The van der Waals surface area contributed by atoms with Gasteiger partial charge < -0.3 is 15.2 Å². The molecule has 0 atom stereocenters. The largest absolute Gasteiger partial charge is 0.509 e. The van der Waals surface area contributed by atoms with Crippen molar-refractivity contribution in [2.75, 3.05) is 7.11 Å². The number of hydrogen-bond acceptors (Lipinski definition) is 3. The van der Waals surface area contributed by atoms with Crippen LogP contribution in [0.2, 0.25) is 5.02 Å². The molecule has 0 radical (unpaired) electrons. The lowest BCUT2D eigenvalue weighted by atomic mass is 9.79. The van der Waals surface area contributed by atoms with Gasteiger partial charge in [-0.15, -0.1) is 0 Å². The number of nitrogens with one attached hydrogen (secondary N) is 1. The number of carbonyl (C=O) groups excluding carboxylic acids is 1. The highest BCUT2D eigenvalue weighted by atomic mass is 35.5. The van der Waals surface area contributed by atoms with E-state index in [1.165, 1.54) is 0 Å². The Kier molecular flexibility index (Phi) is 4.94. The van der Waals surface area contributed by atoms with Gasteiger partial charge in [-0.3, -0.25) is 4.79 Å². The minimum absolute atomic E-state index is 0.113. The fraction of sp³-hybridized carbons (Fsp3) is 0.348. The fourth-order valence-corrected chi connectivity index (χ4v) is 4.84. The molecule has 4 nitrogen and oxygen atoms in total. The highest BCUT2D eigenvalue weighted by Gasteiger charge is 2.48. The van der Waals surface area contributed by atoms with Gasteiger partial charge in [0.2, 0.25) is 0 Å². The Bertz CT molecular complexity index is 944. The van der Waals surface area contributed by atoms with Gasteiger partial charge in [-0.1, -0.05) is 54.1 Å². The summed E-state index contributed by atoms with van der Waals surface area (Å²) < 4.78 is 5.44. The Morgan fingerprint density at radius 2 is 1.82 bits per heavy atom. The van der Waals surface area contributed by atoms with Gasteiger partial charge in [0.1, 0.15) is 5.76 Å². The highest BCUT2D eigenvalue weighted by molar-refractivity contribution is 6.38. The van der Waals surface area contributed by atoms with E-state index in [2.05, 4.69) is 5.32 Å². The molecule has 0 aromatic heterocycles. The van der Waals surface area contributed by atoms with Crippen LogP contribution in [0, 0.1) is 6.92 Å². The maximum Gasteiger partial charge on any atom is 0.256 e. The molecule has 1 saturated carbocycles. The standard InChI is InChI=1S/C23H24ClNO3/c1-14-8-9-17(15-6-4-3-5-7-15)20(24)18(14)19-21(26)23(25-22(19)27)12-10-16(28-2)11-13-23/h3-9,16,26H,10-13H2,1-2H3,(H,25,27). The van der Waals surface area contributed by atoms with E-state index in [0.29, 0.717) is 29.0 Å². The molecule has 1 heterocycles. The van der Waals surface area contributed by atoms with E-state index in [1.54, 1.807) is 7.11 Å². The molecular formula is C23H24ClNO3. The van der Waals surface area contributed by atoms with Crippen LogP contribution in [0.5, 0.6) is 0 Å². The van der Waals surface area contributed by atoms with Crippen molar-refractivity contribution in [3.63, 3.8) is 0 Å². The van der Waals surface area contributed by atoms with Gasteiger partial charge in [-0.25, -0.2) is 0 Å². The molecule has 146 valence electrons. The topological polar surface area (TPSA) is 58.6 Å². The molecule has 2 aromatic carbocycles. The third-order valence-electron chi connectivity index (χ3n) is 6.07. The van der Waals surface area contributed by atoms with Gasteiger partial charge in [0, 0.05) is 18.2 Å². The van der Waals surface area contributed by atoms with Gasteiger partial charge >= 0.3 is 0 Å². The molecule has 1 amide bonds. The molecule has 0 unspecified atom stereocenters. The van der Waals surface area contributed by atoms with Crippen LogP contribution in [-0.2, 0) is 9.53 Å². The molecule has 4 rings (SSSR count). The van der Waals surface area contributed by atoms with E-state index in [-0.39, 0.29) is 17.8 Å². The average molecular weight is 398 g/mol. The van der Waals surface area contributed by atoms with Crippen LogP contribution in [-0.4, -0.2) is 29.8 Å². The molecule has 0 saturated heterocycles. The van der Waals surface area contributed by atoms with Crippen LogP contribution >= 0.6 is 11.6 Å². The number of halogens is 1. The van der Waals surface area contributed by atoms with Crippen LogP contribution in [0.25, 0.3) is 16.7 Å². The summed E-state index contributed by atoms with van der Waals surface area (Å²) in [6.45, 7) is 1.91. The Morgan fingerprint density at radius 3 is 2.46 bits per heavy atom. The molecule has 0 bridgehead atoms. The minimum atomic E-state index is -0.708. The summed E-state index contributed by atoms with van der Waals surface area (Å²) in [5, 5.41) is 14.7. The number of hydrogen-bond donors (Lipinski definition) is 2. The van der Waals surface area contributed by atoms with Crippen molar-refractivity contribution in [3.05, 3.63) is 64.4 Å². The lowest BCUT2D eigenvalue weighted by Gasteiger charge is -2.36. The quantitative estimate of drug-likeness (QED) is 0.762. The molecule has 2 aromatic rings. The highest BCUT2D eigenvalue weighted by Crippen LogP contribution is 2.45. The lowest BCUT2D eigenvalue weighted by molar-refractivity contribution is -0.116. The van der Waals surface area contributed by atoms with E-state index in [0.717, 1.165) is 29.5 Å². The summed E-state index contributed by atoms with van der Waals surface area (Å²) in [5.41, 5.74) is 2.89. The molecule has 28 heavy (non-hydrogen) atoms. The average Bonchev–Trinajstić information content (AvgIpc) is 2.94. The van der Waals surface area contributed by atoms with E-state index in [4.69, 9.17) is 16.3 Å². The van der Waals surface area contributed by atoms with Crippen molar-refractivity contribution in [1.29, 1.82) is 0 Å². The molecule has 2 aliphatic rings. The number of benzene rings is 2. The second-order valence-corrected chi connectivity index (χ2v) is 8.06. The number of carbonyl (C=O) groups is 1. The van der Waals surface area contributed by atoms with Gasteiger partial charge in [-0.2, -0.15) is 0 Å². The van der Waals surface area contributed by atoms with Crippen molar-refractivity contribution < 1.29 is 14.6 Å². The van der Waals surface area contributed by atoms with E-state index in [1.807, 2.05) is 49.4 Å². The third kappa shape index (κ3) is 3.01. The van der Waals surface area contributed by atoms with Crippen molar-refractivity contribution in [2.24, 2.45) is 0 Å². The third-order valence-corrected chi connectivity index (χ3v) is 6.47. The van der Waals surface area contributed by atoms with Gasteiger partial charge in [0.15, 0.2) is 0 Å². The zero-order valence-electron chi connectivity index (χ0n) is 16.1. The normalized spacial score (nSPS) is 24.7. The first-order valence-corrected chi connectivity index (χ1v) is 9.98. The predicted octanol–water partition coefficient (Wildman–Crippen LogP) is 5.04. The van der Waals surface area contributed by atoms with E-state index < -0.39 is 5.54 Å². The number of aliphatic hydroxyl groups excluding tert-OH is 1. The van der Waals surface area contributed by atoms with Crippen molar-refractivity contribution in [3.8, 4) is 11.1 Å². The van der Waals surface area contributed by atoms with Crippen molar-refractivity contribution in [1.82, 2.24) is 5.32 Å². The Hall–Kier alpha value is -2.30. The molecular weight excluding hydrogens is 374 g/mol. The summed E-state index contributed by atoms with van der Waals surface area (Å²) in [6.07, 6.45) is 3.07. The zero-order valence-corrected chi connectivity index (χ0v) is 16.8.